The standard InChI is InChI=1S/C19H24FN3O2/c1-12(2)8-17-21-22-18(25-17)9-14-6-7-23(11-14)19(24)15-5-4-13(3)16(20)10-15/h4-5,10,12,14H,6-9,11H2,1-3H3. The summed E-state index contributed by atoms with van der Waals surface area (Å²) >= 11 is 0. The molecule has 6 heteroatoms. The van der Waals surface area contributed by atoms with Gasteiger partial charge >= 0.3 is 0 Å². The van der Waals surface area contributed by atoms with Crippen molar-refractivity contribution in [2.75, 3.05) is 13.1 Å². The zero-order valence-electron chi connectivity index (χ0n) is 15.0. The molecule has 2 heterocycles. The lowest BCUT2D eigenvalue weighted by atomic mass is 10.1. The lowest BCUT2D eigenvalue weighted by Crippen LogP contribution is -2.29. The molecule has 3 rings (SSSR count). The number of carbonyl (C=O) groups excluding carboxylic acids is 1. The van der Waals surface area contributed by atoms with Crippen LogP contribution in [-0.4, -0.2) is 34.1 Å². The fraction of sp³-hybridized carbons (Fsp3) is 0.526. The van der Waals surface area contributed by atoms with Crippen LogP contribution in [0.4, 0.5) is 4.39 Å². The van der Waals surface area contributed by atoms with E-state index >= 15 is 0 Å². The van der Waals surface area contributed by atoms with Crippen LogP contribution in [0.2, 0.25) is 0 Å². The summed E-state index contributed by atoms with van der Waals surface area (Å²) in [4.78, 5) is 14.3. The van der Waals surface area contributed by atoms with Gasteiger partial charge in [0.1, 0.15) is 5.82 Å². The van der Waals surface area contributed by atoms with Crippen LogP contribution in [0.1, 0.15) is 48.0 Å². The molecule has 1 atom stereocenters. The molecule has 1 aromatic carbocycles. The van der Waals surface area contributed by atoms with Gasteiger partial charge in [-0.1, -0.05) is 19.9 Å². The third kappa shape index (κ3) is 4.24. The number of aromatic nitrogens is 2. The summed E-state index contributed by atoms with van der Waals surface area (Å²) in [5.74, 6) is 1.62. The van der Waals surface area contributed by atoms with Gasteiger partial charge in [-0.15, -0.1) is 10.2 Å². The maximum absolute atomic E-state index is 13.7. The number of halogens is 1. The number of hydrogen-bond donors (Lipinski definition) is 0. The van der Waals surface area contributed by atoms with Crippen molar-refractivity contribution in [2.45, 2.75) is 40.0 Å². The van der Waals surface area contributed by atoms with E-state index in [9.17, 15) is 9.18 Å². The highest BCUT2D eigenvalue weighted by Crippen LogP contribution is 2.23. The van der Waals surface area contributed by atoms with Crippen LogP contribution in [0.3, 0.4) is 0 Å². The minimum atomic E-state index is -0.342. The van der Waals surface area contributed by atoms with Crippen LogP contribution in [-0.2, 0) is 12.8 Å². The molecule has 1 fully saturated rings. The summed E-state index contributed by atoms with van der Waals surface area (Å²) in [5, 5.41) is 8.19. The van der Waals surface area contributed by atoms with Gasteiger partial charge in [-0.05, 0) is 42.9 Å². The van der Waals surface area contributed by atoms with E-state index in [4.69, 9.17) is 4.42 Å². The van der Waals surface area contributed by atoms with Crippen LogP contribution >= 0.6 is 0 Å². The average molecular weight is 345 g/mol. The van der Waals surface area contributed by atoms with Crippen LogP contribution in [0.25, 0.3) is 0 Å². The highest BCUT2D eigenvalue weighted by molar-refractivity contribution is 5.94. The summed E-state index contributed by atoms with van der Waals surface area (Å²) in [6.07, 6.45) is 2.35. The molecule has 5 nitrogen and oxygen atoms in total. The molecular weight excluding hydrogens is 321 g/mol. The third-order valence-electron chi connectivity index (χ3n) is 4.55. The highest BCUT2D eigenvalue weighted by Gasteiger charge is 2.28. The first-order valence-electron chi connectivity index (χ1n) is 8.79. The number of rotatable bonds is 5. The molecule has 0 radical (unpaired) electrons. The molecular formula is C19H24FN3O2. The maximum Gasteiger partial charge on any atom is 0.253 e. The van der Waals surface area contributed by atoms with Crippen LogP contribution in [0, 0.1) is 24.6 Å². The zero-order chi connectivity index (χ0) is 18.0. The van der Waals surface area contributed by atoms with Crippen molar-refractivity contribution < 1.29 is 13.6 Å². The Bertz CT molecular complexity index is 757. The minimum absolute atomic E-state index is 0.118. The second kappa shape index (κ2) is 7.33. The maximum atomic E-state index is 13.7. The molecule has 1 unspecified atom stereocenters. The lowest BCUT2D eigenvalue weighted by molar-refractivity contribution is 0.0786. The Morgan fingerprint density at radius 1 is 1.36 bits per heavy atom. The fourth-order valence-corrected chi connectivity index (χ4v) is 3.14. The Labute approximate surface area is 147 Å². The van der Waals surface area contributed by atoms with Gasteiger partial charge < -0.3 is 9.32 Å². The van der Waals surface area contributed by atoms with Crippen molar-refractivity contribution in [2.24, 2.45) is 11.8 Å². The van der Waals surface area contributed by atoms with Crippen molar-refractivity contribution in [3.8, 4) is 0 Å². The van der Waals surface area contributed by atoms with Gasteiger partial charge in [0.05, 0.1) is 0 Å². The zero-order valence-corrected chi connectivity index (χ0v) is 15.0. The average Bonchev–Trinajstić information content (AvgIpc) is 3.19. The first kappa shape index (κ1) is 17.6. The number of carbonyl (C=O) groups is 1. The summed E-state index contributed by atoms with van der Waals surface area (Å²) in [7, 11) is 0. The van der Waals surface area contributed by atoms with Crippen molar-refractivity contribution in [3.63, 3.8) is 0 Å². The van der Waals surface area contributed by atoms with Crippen molar-refractivity contribution >= 4 is 5.91 Å². The summed E-state index contributed by atoms with van der Waals surface area (Å²) in [6.45, 7) is 7.21. The molecule has 0 saturated carbocycles. The monoisotopic (exact) mass is 345 g/mol. The van der Waals surface area contributed by atoms with Crippen molar-refractivity contribution in [3.05, 3.63) is 46.9 Å². The molecule has 1 aliphatic rings. The summed E-state index contributed by atoms with van der Waals surface area (Å²) in [6, 6.07) is 4.65. The lowest BCUT2D eigenvalue weighted by Gasteiger charge is -2.16. The summed E-state index contributed by atoms with van der Waals surface area (Å²) in [5.41, 5.74) is 0.949. The molecule has 0 spiro atoms. The van der Waals surface area contributed by atoms with E-state index < -0.39 is 0 Å². The largest absolute Gasteiger partial charge is 0.425 e. The molecule has 25 heavy (non-hydrogen) atoms. The van der Waals surface area contributed by atoms with Gasteiger partial charge in [0.15, 0.2) is 0 Å². The fourth-order valence-electron chi connectivity index (χ4n) is 3.14. The minimum Gasteiger partial charge on any atom is -0.425 e. The SMILES string of the molecule is Cc1ccc(C(=O)N2CCC(Cc3nnc(CC(C)C)o3)C2)cc1F. The van der Waals surface area contributed by atoms with Crippen LogP contribution in [0.15, 0.2) is 22.6 Å². The summed E-state index contributed by atoms with van der Waals surface area (Å²) < 4.78 is 19.4. The number of nitrogens with zero attached hydrogens (tertiary/aromatic N) is 3. The smallest absolute Gasteiger partial charge is 0.253 e. The second-order valence-corrected chi connectivity index (χ2v) is 7.26. The Morgan fingerprint density at radius 2 is 2.12 bits per heavy atom. The quantitative estimate of drug-likeness (QED) is 0.833. The van der Waals surface area contributed by atoms with Crippen LogP contribution in [0.5, 0.6) is 0 Å². The number of aryl methyl sites for hydroxylation is 1. The van der Waals surface area contributed by atoms with E-state index in [1.54, 1.807) is 24.0 Å². The number of likely N-dealkylation sites (tertiary alicyclic amines) is 1. The first-order chi connectivity index (χ1) is 11.9. The van der Waals surface area contributed by atoms with Gasteiger partial charge in [-0.3, -0.25) is 4.79 Å². The Morgan fingerprint density at radius 3 is 2.84 bits per heavy atom. The molecule has 1 aromatic heterocycles. The molecule has 0 bridgehead atoms. The molecule has 0 N–H and O–H groups in total. The number of hydrogen-bond acceptors (Lipinski definition) is 4. The van der Waals surface area contributed by atoms with Crippen LogP contribution < -0.4 is 0 Å². The van der Waals surface area contributed by atoms with E-state index in [1.807, 2.05) is 0 Å². The Kier molecular flexibility index (Phi) is 5.16. The van der Waals surface area contributed by atoms with E-state index in [-0.39, 0.29) is 11.7 Å². The topological polar surface area (TPSA) is 59.2 Å². The molecule has 1 saturated heterocycles. The van der Waals surface area contributed by atoms with Gasteiger partial charge in [-0.2, -0.15) is 0 Å². The molecule has 1 aliphatic heterocycles. The van der Waals surface area contributed by atoms with E-state index in [0.29, 0.717) is 54.3 Å². The normalized spacial score (nSPS) is 17.5. The number of amides is 1. The third-order valence-corrected chi connectivity index (χ3v) is 4.55. The molecule has 0 aliphatic carbocycles. The van der Waals surface area contributed by atoms with Crippen molar-refractivity contribution in [1.82, 2.24) is 15.1 Å². The van der Waals surface area contributed by atoms with E-state index in [1.165, 1.54) is 6.07 Å². The number of benzene rings is 1. The highest BCUT2D eigenvalue weighted by atomic mass is 19.1. The molecule has 1 amide bonds. The second-order valence-electron chi connectivity index (χ2n) is 7.26. The van der Waals surface area contributed by atoms with Gasteiger partial charge in [0, 0.05) is 31.5 Å². The Hall–Kier alpha value is -2.24. The predicted molar refractivity (Wildman–Crippen MR) is 91.7 cm³/mol. The van der Waals surface area contributed by atoms with Crippen molar-refractivity contribution in [1.29, 1.82) is 0 Å². The van der Waals surface area contributed by atoms with E-state index in [2.05, 4.69) is 24.0 Å². The molecule has 134 valence electrons. The van der Waals surface area contributed by atoms with Gasteiger partial charge in [0.25, 0.3) is 5.91 Å². The van der Waals surface area contributed by atoms with Gasteiger partial charge in [0.2, 0.25) is 11.8 Å². The predicted octanol–water partition coefficient (Wildman–Crippen LogP) is 3.42. The van der Waals surface area contributed by atoms with Gasteiger partial charge in [-0.25, -0.2) is 4.39 Å². The van der Waals surface area contributed by atoms with E-state index in [0.717, 1.165) is 12.8 Å². The Balaban J connectivity index is 1.58. The first-order valence-corrected chi connectivity index (χ1v) is 8.79. The molecule has 2 aromatic rings.